The smallest absolute Gasteiger partial charge is 0.123 e. The fourth-order valence-electron chi connectivity index (χ4n) is 3.34. The molecule has 6 heteroatoms. The highest BCUT2D eigenvalue weighted by Gasteiger charge is 2.42. The van der Waals surface area contributed by atoms with Crippen LogP contribution in [0.4, 0.5) is 15.8 Å². The van der Waals surface area contributed by atoms with Crippen LogP contribution in [0.1, 0.15) is 18.9 Å². The van der Waals surface area contributed by atoms with Crippen LogP contribution in [-0.4, -0.2) is 20.9 Å². The van der Waals surface area contributed by atoms with Gasteiger partial charge in [0.15, 0.2) is 0 Å². The topological polar surface area (TPSA) is 69.7 Å². The number of nitrogens with two attached hydrogens (primary N) is 1. The quantitative estimate of drug-likeness (QED) is 0.757. The lowest BCUT2D eigenvalue weighted by molar-refractivity contribution is 0.413. The van der Waals surface area contributed by atoms with Crippen LogP contribution in [0.3, 0.4) is 0 Å². The van der Waals surface area contributed by atoms with Crippen molar-refractivity contribution >= 4 is 22.2 Å². The first kappa shape index (κ1) is 17.2. The van der Waals surface area contributed by atoms with Gasteiger partial charge in [-0.2, -0.15) is 0 Å². The first-order valence-electron chi connectivity index (χ1n) is 8.06. The molecule has 0 saturated carbocycles. The molecule has 0 radical (unpaired) electrons. The zero-order valence-electron chi connectivity index (χ0n) is 13.6. The van der Waals surface area contributed by atoms with E-state index in [1.165, 1.54) is 12.1 Å². The number of para-hydroxylation sites is 1. The molecule has 2 unspecified atom stereocenters. The molecule has 2 atom stereocenters. The third-order valence-corrected chi connectivity index (χ3v) is 6.99. The molecule has 1 aliphatic rings. The molecule has 0 aromatic heterocycles. The van der Waals surface area contributed by atoms with Gasteiger partial charge >= 0.3 is 0 Å². The minimum absolute atomic E-state index is 0.0163. The summed E-state index contributed by atoms with van der Waals surface area (Å²) in [7, 11) is -3.11. The molecule has 0 aliphatic carbocycles. The molecule has 3 rings (SSSR count). The standard InChI is InChI=1S/C18H23FN2O2S/c1-13(9-10-20)18-12-14-11-15(19)7-8-17(14)21(24(18,22)23)16-5-3-2-4-6-16/h2-8,11,13,18,22-23H,9-10,12,20H2,1H3. The molecule has 0 saturated heterocycles. The molecule has 24 heavy (non-hydrogen) atoms. The van der Waals surface area contributed by atoms with Gasteiger partial charge in [-0.15, -0.1) is 10.8 Å². The molecule has 2 aromatic rings. The Bertz CT molecular complexity index is 711. The SMILES string of the molecule is CC(CCN)C1Cc2cc(F)ccc2N(c2ccccc2)S1(O)O. The van der Waals surface area contributed by atoms with Gasteiger partial charge in [0.2, 0.25) is 0 Å². The predicted octanol–water partition coefficient (Wildman–Crippen LogP) is 4.54. The van der Waals surface area contributed by atoms with Crippen molar-refractivity contribution in [2.75, 3.05) is 10.8 Å². The van der Waals surface area contributed by atoms with E-state index in [1.807, 2.05) is 37.3 Å². The van der Waals surface area contributed by atoms with Crippen LogP contribution in [0.2, 0.25) is 0 Å². The van der Waals surface area contributed by atoms with E-state index in [9.17, 15) is 13.5 Å². The van der Waals surface area contributed by atoms with Crippen molar-refractivity contribution in [3.63, 3.8) is 0 Å². The van der Waals surface area contributed by atoms with Crippen molar-refractivity contribution in [1.29, 1.82) is 0 Å². The summed E-state index contributed by atoms with van der Waals surface area (Å²) in [6, 6.07) is 13.7. The van der Waals surface area contributed by atoms with E-state index in [0.29, 0.717) is 30.8 Å². The van der Waals surface area contributed by atoms with E-state index >= 15 is 0 Å². The highest BCUT2D eigenvalue weighted by molar-refractivity contribution is 8.26. The zero-order valence-corrected chi connectivity index (χ0v) is 14.4. The van der Waals surface area contributed by atoms with Crippen LogP contribution in [0.25, 0.3) is 0 Å². The minimum Gasteiger partial charge on any atom is -0.330 e. The lowest BCUT2D eigenvalue weighted by Gasteiger charge is -2.54. The van der Waals surface area contributed by atoms with Crippen LogP contribution in [0.15, 0.2) is 48.5 Å². The molecule has 4 nitrogen and oxygen atoms in total. The maximum atomic E-state index is 13.7. The van der Waals surface area contributed by atoms with Crippen molar-refractivity contribution in [2.24, 2.45) is 11.7 Å². The first-order valence-corrected chi connectivity index (χ1v) is 9.62. The van der Waals surface area contributed by atoms with E-state index < -0.39 is 16.0 Å². The summed E-state index contributed by atoms with van der Waals surface area (Å²) in [5.74, 6) is -0.298. The van der Waals surface area contributed by atoms with Gasteiger partial charge in [0.25, 0.3) is 0 Å². The molecular weight excluding hydrogens is 327 g/mol. The summed E-state index contributed by atoms with van der Waals surface area (Å²) in [6.07, 6.45) is 1.12. The van der Waals surface area contributed by atoms with Gasteiger partial charge < -0.3 is 5.73 Å². The maximum absolute atomic E-state index is 13.7. The van der Waals surface area contributed by atoms with Crippen LogP contribution in [0.5, 0.6) is 0 Å². The van der Waals surface area contributed by atoms with Crippen molar-refractivity contribution in [2.45, 2.75) is 25.0 Å². The van der Waals surface area contributed by atoms with Gasteiger partial charge in [-0.1, -0.05) is 25.1 Å². The van der Waals surface area contributed by atoms with E-state index in [2.05, 4.69) is 0 Å². The summed E-state index contributed by atoms with van der Waals surface area (Å²) < 4.78 is 37.5. The number of halogens is 1. The van der Waals surface area contributed by atoms with Gasteiger partial charge in [-0.3, -0.25) is 9.11 Å². The molecule has 2 aromatic carbocycles. The Morgan fingerprint density at radius 3 is 2.62 bits per heavy atom. The average molecular weight is 350 g/mol. The largest absolute Gasteiger partial charge is 0.330 e. The average Bonchev–Trinajstić information content (AvgIpc) is 2.55. The highest BCUT2D eigenvalue weighted by Crippen LogP contribution is 2.61. The monoisotopic (exact) mass is 350 g/mol. The summed E-state index contributed by atoms with van der Waals surface area (Å²) in [4.78, 5) is 0. The van der Waals surface area contributed by atoms with Gasteiger partial charge in [0.05, 0.1) is 16.6 Å². The number of fused-ring (bicyclic) bond motifs is 1. The van der Waals surface area contributed by atoms with Crippen LogP contribution in [-0.2, 0) is 6.42 Å². The third kappa shape index (κ3) is 3.02. The van der Waals surface area contributed by atoms with Crippen molar-refractivity contribution in [3.8, 4) is 0 Å². The maximum Gasteiger partial charge on any atom is 0.123 e. The molecule has 0 bridgehead atoms. The molecular formula is C18H23FN2O2S. The first-order chi connectivity index (χ1) is 11.4. The number of nitrogens with zero attached hydrogens (tertiary/aromatic N) is 1. The number of benzene rings is 2. The molecule has 4 N–H and O–H groups in total. The third-order valence-electron chi connectivity index (χ3n) is 4.60. The number of rotatable bonds is 4. The predicted molar refractivity (Wildman–Crippen MR) is 98.2 cm³/mol. The van der Waals surface area contributed by atoms with Crippen molar-refractivity contribution < 1.29 is 13.5 Å². The Morgan fingerprint density at radius 2 is 1.96 bits per heavy atom. The molecule has 0 spiro atoms. The lowest BCUT2D eigenvalue weighted by atomic mass is 9.96. The second-order valence-electron chi connectivity index (χ2n) is 6.26. The van der Waals surface area contributed by atoms with Crippen LogP contribution in [0, 0.1) is 11.7 Å². The normalized spacial score (nSPS) is 21.9. The van der Waals surface area contributed by atoms with E-state index in [0.717, 1.165) is 5.56 Å². The summed E-state index contributed by atoms with van der Waals surface area (Å²) in [5.41, 5.74) is 7.79. The second kappa shape index (κ2) is 6.72. The summed E-state index contributed by atoms with van der Waals surface area (Å²) in [5, 5.41) is -0.393. The number of hydrogen-bond acceptors (Lipinski definition) is 4. The van der Waals surface area contributed by atoms with Crippen LogP contribution >= 0.6 is 10.8 Å². The Balaban J connectivity index is 2.14. The Kier molecular flexibility index (Phi) is 4.83. The minimum atomic E-state index is -3.11. The van der Waals surface area contributed by atoms with E-state index in [4.69, 9.17) is 5.73 Å². The summed E-state index contributed by atoms with van der Waals surface area (Å²) >= 11 is 0. The van der Waals surface area contributed by atoms with Gasteiger partial charge in [0, 0.05) is 0 Å². The van der Waals surface area contributed by atoms with Crippen molar-refractivity contribution in [1.82, 2.24) is 0 Å². The number of anilines is 2. The van der Waals surface area contributed by atoms with Crippen molar-refractivity contribution in [3.05, 3.63) is 59.9 Å². The fraction of sp³-hybridized carbons (Fsp3) is 0.333. The zero-order chi connectivity index (χ0) is 17.3. The Morgan fingerprint density at radius 1 is 1.25 bits per heavy atom. The van der Waals surface area contributed by atoms with Gasteiger partial charge in [-0.25, -0.2) is 8.70 Å². The number of hydrogen-bond donors (Lipinski definition) is 3. The summed E-state index contributed by atoms with van der Waals surface area (Å²) in [6.45, 7) is 2.45. The molecule has 0 fully saturated rings. The van der Waals surface area contributed by atoms with Gasteiger partial charge in [0.1, 0.15) is 5.82 Å². The van der Waals surface area contributed by atoms with E-state index in [1.54, 1.807) is 10.4 Å². The molecule has 130 valence electrons. The fourth-order valence-corrected chi connectivity index (χ4v) is 5.68. The Labute approximate surface area is 143 Å². The van der Waals surface area contributed by atoms with Gasteiger partial charge in [-0.05, 0) is 61.2 Å². The van der Waals surface area contributed by atoms with Crippen LogP contribution < -0.4 is 10.0 Å². The van der Waals surface area contributed by atoms with E-state index in [-0.39, 0.29) is 11.7 Å². The highest BCUT2D eigenvalue weighted by atomic mass is 32.3. The second-order valence-corrected chi connectivity index (χ2v) is 8.35. The molecule has 1 heterocycles. The molecule has 0 amide bonds. The molecule has 1 aliphatic heterocycles. The Hall–Kier alpha value is -1.60. The lowest BCUT2D eigenvalue weighted by Crippen LogP contribution is -2.41.